The highest BCUT2D eigenvalue weighted by atomic mass is 16.5. The van der Waals surface area contributed by atoms with Gasteiger partial charge in [-0.05, 0) is 176 Å². The van der Waals surface area contributed by atoms with Gasteiger partial charge in [-0.3, -0.25) is 0 Å². The van der Waals surface area contributed by atoms with Gasteiger partial charge in [0.25, 0.3) is 13.4 Å². The number of hydrogen-bond donors (Lipinski definition) is 0. The molecule has 4 heterocycles. The molecule has 0 atom stereocenters. The van der Waals surface area contributed by atoms with Crippen LogP contribution in [0.25, 0.3) is 77.9 Å². The fraction of sp³-hybridized carbons (Fsp3) is 0.160. The van der Waals surface area contributed by atoms with Crippen molar-refractivity contribution < 1.29 is 9.47 Å². The lowest BCUT2D eigenvalue weighted by Gasteiger charge is -2.48. The predicted molar refractivity (Wildman–Crippen MR) is 451 cm³/mol. The molecule has 4 aliphatic heterocycles. The molecule has 106 heavy (non-hydrogen) atoms. The van der Waals surface area contributed by atoms with Gasteiger partial charge < -0.3 is 19.3 Å². The Morgan fingerprint density at radius 1 is 0.236 bits per heavy atom. The van der Waals surface area contributed by atoms with Gasteiger partial charge in [0.1, 0.15) is 23.0 Å². The van der Waals surface area contributed by atoms with Crippen molar-refractivity contribution in [2.45, 2.75) is 105 Å². The van der Waals surface area contributed by atoms with E-state index >= 15 is 0 Å². The van der Waals surface area contributed by atoms with Crippen LogP contribution in [-0.2, 0) is 21.7 Å². The van der Waals surface area contributed by atoms with Crippen LogP contribution in [0.2, 0.25) is 0 Å². The lowest BCUT2D eigenvalue weighted by Crippen LogP contribution is -2.65. The number of fused-ring (bicyclic) bond motifs is 9. The Kier molecular flexibility index (Phi) is 15.7. The molecular formula is C100H86B2N2O2. The molecule has 514 valence electrons. The Balaban J connectivity index is 1.05. The molecule has 0 bridgehead atoms. The Hall–Kier alpha value is -11.6. The van der Waals surface area contributed by atoms with E-state index in [0.717, 1.165) is 162 Å². The fourth-order valence-electron chi connectivity index (χ4n) is 17.0. The van der Waals surface area contributed by atoms with Crippen LogP contribution in [0.3, 0.4) is 0 Å². The largest absolute Gasteiger partial charge is 0.459 e. The summed E-state index contributed by atoms with van der Waals surface area (Å²) in [5.41, 5.74) is 32.9. The molecule has 0 N–H and O–H groups in total. The molecule has 0 saturated carbocycles. The molecule has 18 rings (SSSR count). The topological polar surface area (TPSA) is 24.9 Å². The fourth-order valence-corrected chi connectivity index (χ4v) is 17.0. The minimum Gasteiger partial charge on any atom is -0.459 e. The van der Waals surface area contributed by atoms with Crippen LogP contribution in [0.4, 0.5) is 34.1 Å². The zero-order valence-electron chi connectivity index (χ0n) is 62.7. The van der Waals surface area contributed by atoms with Gasteiger partial charge in [-0.15, -0.1) is 0 Å². The number of hydrogen-bond acceptors (Lipinski definition) is 4. The second-order valence-electron chi connectivity index (χ2n) is 33.6. The van der Waals surface area contributed by atoms with E-state index in [1.807, 2.05) is 0 Å². The first-order valence-corrected chi connectivity index (χ1v) is 37.7. The molecular weight excluding hydrogens is 1280 g/mol. The van der Waals surface area contributed by atoms with E-state index in [9.17, 15) is 0 Å². The second-order valence-corrected chi connectivity index (χ2v) is 33.6. The van der Waals surface area contributed by atoms with Crippen LogP contribution >= 0.6 is 0 Å². The van der Waals surface area contributed by atoms with Crippen molar-refractivity contribution in [1.29, 1.82) is 0 Å². The molecule has 0 aliphatic carbocycles. The lowest BCUT2D eigenvalue weighted by molar-refractivity contribution is 0.450. The van der Waals surface area contributed by atoms with Gasteiger partial charge in [-0.25, -0.2) is 0 Å². The smallest absolute Gasteiger partial charge is 0.260 e. The Bertz CT molecular complexity index is 5670. The van der Waals surface area contributed by atoms with E-state index in [1.54, 1.807) is 0 Å². The van der Waals surface area contributed by atoms with Gasteiger partial charge in [0.2, 0.25) is 0 Å². The first-order valence-electron chi connectivity index (χ1n) is 37.7. The van der Waals surface area contributed by atoms with E-state index in [-0.39, 0.29) is 28.4 Å². The molecule has 0 spiro atoms. The molecule has 0 saturated heterocycles. The molecule has 0 unspecified atom stereocenters. The Labute approximate surface area is 626 Å². The second kappa shape index (κ2) is 25.1. The van der Waals surface area contributed by atoms with Crippen LogP contribution in [0.15, 0.2) is 303 Å². The third-order valence-electron chi connectivity index (χ3n) is 22.5. The highest BCUT2D eigenvalue weighted by Gasteiger charge is 2.52. The van der Waals surface area contributed by atoms with Crippen LogP contribution in [0.5, 0.6) is 23.0 Å². The predicted octanol–water partition coefficient (Wildman–Crippen LogP) is 23.4. The molecule has 0 fully saturated rings. The Morgan fingerprint density at radius 2 is 0.594 bits per heavy atom. The van der Waals surface area contributed by atoms with E-state index in [2.05, 4.69) is 396 Å². The third-order valence-corrected chi connectivity index (χ3v) is 22.5. The standard InChI is InChI=1S/C100H86B2N2O2/c1-97(2,3)73-56-76(66-40-26-16-27-41-66)93(77(57-73)67-42-28-17-29-43-67)103-84-55-71(64-36-22-14-23-37-64)48-50-81(84)102-90-85(103)60-75(99(7,8)9)61-86(90)104(94-78(68-44-30-18-31-45-68)58-74(98(4,5)6)59-79(94)69-46-32-19-33-47-69)87-62-89-92-96(91(87)102)105-88-51-49-70(63-34-20-13-21-35-63)53-82(88)101(92)83-54-72(65-38-24-15-25-39-65)52-80(95(83)106-89)100(10,11)12/h13-62H,1-12H3. The number of ether oxygens (including phenoxy) is 2. The summed E-state index contributed by atoms with van der Waals surface area (Å²) in [5.74, 6) is 3.33. The zero-order chi connectivity index (χ0) is 72.7. The zero-order valence-corrected chi connectivity index (χ0v) is 62.7. The highest BCUT2D eigenvalue weighted by molar-refractivity contribution is 7.03. The number of benzene rings is 14. The first-order chi connectivity index (χ1) is 51.1. The molecule has 0 radical (unpaired) electrons. The van der Waals surface area contributed by atoms with Crippen molar-refractivity contribution in [3.05, 3.63) is 326 Å². The summed E-state index contributed by atoms with van der Waals surface area (Å²) in [6, 6.07) is 114. The number of nitrogens with zero attached hydrogens (tertiary/aromatic N) is 2. The summed E-state index contributed by atoms with van der Waals surface area (Å²) >= 11 is 0. The number of anilines is 6. The summed E-state index contributed by atoms with van der Waals surface area (Å²) in [6.45, 7) is 27.5. The summed E-state index contributed by atoms with van der Waals surface area (Å²) < 4.78 is 16.3. The molecule has 0 aromatic heterocycles. The number of rotatable bonds is 9. The minimum atomic E-state index is -0.405. The minimum absolute atomic E-state index is 0.205. The quantitative estimate of drug-likeness (QED) is 0.135. The van der Waals surface area contributed by atoms with Gasteiger partial charge in [-0.2, -0.15) is 0 Å². The molecule has 6 heteroatoms. The monoisotopic (exact) mass is 1370 g/mol. The highest BCUT2D eigenvalue weighted by Crippen LogP contribution is 2.57. The average Bonchev–Trinajstić information content (AvgIpc) is 0.672. The van der Waals surface area contributed by atoms with E-state index < -0.39 is 6.71 Å². The molecule has 14 aromatic carbocycles. The molecule has 14 aromatic rings. The normalized spacial score (nSPS) is 13.4. The average molecular weight is 1370 g/mol. The van der Waals surface area contributed by atoms with E-state index in [4.69, 9.17) is 9.47 Å². The van der Waals surface area contributed by atoms with Crippen molar-refractivity contribution in [1.82, 2.24) is 0 Å². The lowest BCUT2D eigenvalue weighted by atomic mass is 9.30. The van der Waals surface area contributed by atoms with Gasteiger partial charge in [0.15, 0.2) is 0 Å². The summed E-state index contributed by atoms with van der Waals surface area (Å²) in [6.07, 6.45) is 0. The Morgan fingerprint density at radius 3 is 1.02 bits per heavy atom. The van der Waals surface area contributed by atoms with Crippen LogP contribution in [-0.4, -0.2) is 13.4 Å². The van der Waals surface area contributed by atoms with Crippen molar-refractivity contribution in [3.8, 4) is 101 Å². The molecule has 0 amide bonds. The van der Waals surface area contributed by atoms with E-state index in [1.165, 1.54) is 27.6 Å². The van der Waals surface area contributed by atoms with Crippen molar-refractivity contribution in [2.75, 3.05) is 9.80 Å². The SMILES string of the molecule is CC(C)(C)c1cc(-c2ccccc2)c(N2c3cc(-c4ccccc4)ccc3B3c4c2cc(C(C)(C)C)cc4N(c2c(-c4ccccc4)cc(C(C)(C)C)cc2-c2ccccc2)c2cc4c5c(c23)Oc2ccc(-c3ccccc3)cc2B5c2cc(-c3ccccc3)cc(C(C)(C)C)c2O4)c(-c2ccccc2)c1. The van der Waals surface area contributed by atoms with Gasteiger partial charge in [0.05, 0.1) is 11.4 Å². The van der Waals surface area contributed by atoms with Crippen LogP contribution in [0, 0.1) is 0 Å². The summed E-state index contributed by atoms with van der Waals surface area (Å²) in [7, 11) is 0. The maximum atomic E-state index is 8.21. The maximum Gasteiger partial charge on any atom is 0.260 e. The van der Waals surface area contributed by atoms with Gasteiger partial charge in [-0.1, -0.05) is 326 Å². The van der Waals surface area contributed by atoms with Gasteiger partial charge in [0, 0.05) is 62.1 Å². The van der Waals surface area contributed by atoms with Crippen molar-refractivity contribution in [3.63, 3.8) is 0 Å². The van der Waals surface area contributed by atoms with Crippen LogP contribution in [0.1, 0.15) is 105 Å². The van der Waals surface area contributed by atoms with E-state index in [0.29, 0.717) is 0 Å². The molecule has 4 aliphatic rings. The van der Waals surface area contributed by atoms with Crippen LogP contribution < -0.4 is 52.1 Å². The van der Waals surface area contributed by atoms with Crippen molar-refractivity contribution in [2.24, 2.45) is 0 Å². The summed E-state index contributed by atoms with van der Waals surface area (Å²) in [4.78, 5) is 5.39. The van der Waals surface area contributed by atoms with Crippen molar-refractivity contribution >= 4 is 80.3 Å². The first kappa shape index (κ1) is 66.4. The maximum absolute atomic E-state index is 8.21. The van der Waals surface area contributed by atoms with Gasteiger partial charge >= 0.3 is 0 Å². The molecule has 4 nitrogen and oxygen atoms in total. The summed E-state index contributed by atoms with van der Waals surface area (Å²) in [5, 5.41) is 0. The third kappa shape index (κ3) is 11.2.